The Morgan fingerprint density at radius 1 is 0.784 bits per heavy atom. The highest BCUT2D eigenvalue weighted by atomic mass is 32.1. The van der Waals surface area contributed by atoms with Crippen molar-refractivity contribution >= 4 is 27.2 Å². The Kier molecular flexibility index (Phi) is 7.36. The van der Waals surface area contributed by atoms with E-state index in [0.29, 0.717) is 6.61 Å². The molecule has 0 saturated carbocycles. The zero-order chi connectivity index (χ0) is 25.0. The predicted molar refractivity (Wildman–Crippen MR) is 153 cm³/mol. The highest BCUT2D eigenvalue weighted by molar-refractivity contribution is 7.22. The van der Waals surface area contributed by atoms with Gasteiger partial charge in [0.2, 0.25) is 0 Å². The van der Waals surface area contributed by atoms with E-state index in [-0.39, 0.29) is 5.78 Å². The molecule has 3 heterocycles. The zero-order valence-electron chi connectivity index (χ0n) is 21.3. The summed E-state index contributed by atoms with van der Waals surface area (Å²) in [6.07, 6.45) is 5.17. The maximum absolute atomic E-state index is 13.9. The topological polar surface area (TPSA) is 32.8 Å². The molecule has 0 unspecified atom stereocenters. The van der Waals surface area contributed by atoms with E-state index < -0.39 is 0 Å². The van der Waals surface area contributed by atoms with E-state index in [9.17, 15) is 4.79 Å². The molecule has 0 N–H and O–H groups in total. The van der Waals surface area contributed by atoms with E-state index in [0.717, 1.165) is 50.5 Å². The van der Waals surface area contributed by atoms with Gasteiger partial charge in [-0.25, -0.2) is 0 Å². The molecule has 2 aliphatic rings. The molecule has 0 atom stereocenters. The number of carbonyl (C=O) groups excluding carboxylic acids is 1. The van der Waals surface area contributed by atoms with Crippen LogP contribution in [0.5, 0.6) is 5.75 Å². The molecule has 2 aliphatic heterocycles. The van der Waals surface area contributed by atoms with Crippen molar-refractivity contribution in [1.29, 1.82) is 0 Å². The van der Waals surface area contributed by atoms with Gasteiger partial charge in [0.05, 0.1) is 0 Å². The van der Waals surface area contributed by atoms with Crippen molar-refractivity contribution in [2.45, 2.75) is 32.2 Å². The van der Waals surface area contributed by atoms with Gasteiger partial charge in [-0.15, -0.1) is 11.3 Å². The molecule has 1 aromatic heterocycles. The standard InChI is InChI=1S/C32H34N2O2S/c35-31(25-11-9-24(10-12-25)23-34-19-5-6-20-34)30-28-7-1-2-8-29(28)37-32(30)26-13-15-27(16-14-26)36-22-21-33-17-3-4-18-33/h1-2,7-16H,3-6,17-23H2. The summed E-state index contributed by atoms with van der Waals surface area (Å²) in [5, 5.41) is 1.03. The maximum Gasteiger partial charge on any atom is 0.195 e. The van der Waals surface area contributed by atoms with E-state index in [1.54, 1.807) is 11.3 Å². The molecule has 190 valence electrons. The Morgan fingerprint density at radius 3 is 2.19 bits per heavy atom. The largest absolute Gasteiger partial charge is 0.492 e. The van der Waals surface area contributed by atoms with Gasteiger partial charge in [-0.1, -0.05) is 42.5 Å². The minimum absolute atomic E-state index is 0.0890. The van der Waals surface area contributed by atoms with Gasteiger partial charge in [-0.2, -0.15) is 0 Å². The van der Waals surface area contributed by atoms with Crippen molar-refractivity contribution in [3.63, 3.8) is 0 Å². The van der Waals surface area contributed by atoms with E-state index in [2.05, 4.69) is 46.2 Å². The molecule has 2 fully saturated rings. The second-order valence-corrected chi connectivity index (χ2v) is 11.3. The molecule has 0 amide bonds. The van der Waals surface area contributed by atoms with Crippen LogP contribution in [-0.4, -0.2) is 54.9 Å². The second-order valence-electron chi connectivity index (χ2n) is 10.2. The summed E-state index contributed by atoms with van der Waals surface area (Å²) in [4.78, 5) is 19.8. The van der Waals surface area contributed by atoms with E-state index in [1.807, 2.05) is 36.4 Å². The molecule has 0 aliphatic carbocycles. The predicted octanol–water partition coefficient (Wildman–Crippen LogP) is 6.87. The SMILES string of the molecule is O=C(c1ccc(CN2CCCC2)cc1)c1c(-c2ccc(OCCN3CCCC3)cc2)sc2ccccc12. The average Bonchev–Trinajstić information content (AvgIpc) is 3.71. The summed E-state index contributed by atoms with van der Waals surface area (Å²) in [5.74, 6) is 0.969. The Morgan fingerprint density at radius 2 is 1.46 bits per heavy atom. The van der Waals surface area contributed by atoms with Gasteiger partial charge in [0, 0.05) is 39.2 Å². The fourth-order valence-electron chi connectivity index (χ4n) is 5.58. The van der Waals surface area contributed by atoms with Crippen molar-refractivity contribution in [3.05, 3.63) is 89.5 Å². The number of carbonyl (C=O) groups is 1. The number of hydrogen-bond donors (Lipinski definition) is 0. The third kappa shape index (κ3) is 5.49. The third-order valence-corrected chi connectivity index (χ3v) is 8.85. The van der Waals surface area contributed by atoms with Crippen LogP contribution in [0.2, 0.25) is 0 Å². The van der Waals surface area contributed by atoms with Crippen LogP contribution in [0.4, 0.5) is 0 Å². The molecule has 0 radical (unpaired) electrons. The molecule has 4 nitrogen and oxygen atoms in total. The molecule has 0 spiro atoms. The smallest absolute Gasteiger partial charge is 0.195 e. The number of hydrogen-bond acceptors (Lipinski definition) is 5. The molecule has 3 aromatic carbocycles. The minimum Gasteiger partial charge on any atom is -0.492 e. The van der Waals surface area contributed by atoms with Crippen molar-refractivity contribution < 1.29 is 9.53 Å². The number of rotatable bonds is 9. The van der Waals surface area contributed by atoms with Crippen LogP contribution in [0.3, 0.4) is 0 Å². The van der Waals surface area contributed by atoms with Gasteiger partial charge in [0.25, 0.3) is 0 Å². The summed E-state index contributed by atoms with van der Waals surface area (Å²) in [5.41, 5.74) is 3.88. The van der Waals surface area contributed by atoms with Crippen LogP contribution in [0.1, 0.15) is 47.2 Å². The normalized spacial score (nSPS) is 16.5. The van der Waals surface area contributed by atoms with Crippen LogP contribution in [0, 0.1) is 0 Å². The maximum atomic E-state index is 13.9. The average molecular weight is 511 g/mol. The summed E-state index contributed by atoms with van der Waals surface area (Å²) >= 11 is 1.69. The number of fused-ring (bicyclic) bond motifs is 1. The van der Waals surface area contributed by atoms with Gasteiger partial charge < -0.3 is 4.74 Å². The molecule has 5 heteroatoms. The summed E-state index contributed by atoms with van der Waals surface area (Å²) in [6, 6.07) is 24.7. The number of thiophene rings is 1. The molecule has 6 rings (SSSR count). The first-order valence-corrected chi connectivity index (χ1v) is 14.4. The molecular formula is C32H34N2O2S. The molecular weight excluding hydrogens is 476 g/mol. The first-order chi connectivity index (χ1) is 18.2. The quantitative estimate of drug-likeness (QED) is 0.230. The van der Waals surface area contributed by atoms with Crippen LogP contribution in [0.25, 0.3) is 20.5 Å². The van der Waals surface area contributed by atoms with Gasteiger partial charge in [-0.05, 0) is 93.3 Å². The number of ketones is 1. The second kappa shape index (κ2) is 11.2. The summed E-state index contributed by atoms with van der Waals surface area (Å²) in [6.45, 7) is 7.37. The van der Waals surface area contributed by atoms with E-state index in [1.165, 1.54) is 57.4 Å². The Labute approximate surface area is 223 Å². The van der Waals surface area contributed by atoms with Gasteiger partial charge >= 0.3 is 0 Å². The summed E-state index contributed by atoms with van der Waals surface area (Å²) < 4.78 is 7.15. The van der Waals surface area contributed by atoms with Crippen molar-refractivity contribution in [2.24, 2.45) is 0 Å². The lowest BCUT2D eigenvalue weighted by molar-refractivity contribution is 0.104. The highest BCUT2D eigenvalue weighted by Gasteiger charge is 2.22. The van der Waals surface area contributed by atoms with Gasteiger partial charge in [0.1, 0.15) is 12.4 Å². The zero-order valence-corrected chi connectivity index (χ0v) is 22.1. The van der Waals surface area contributed by atoms with Gasteiger partial charge in [-0.3, -0.25) is 14.6 Å². The highest BCUT2D eigenvalue weighted by Crippen LogP contribution is 2.40. The van der Waals surface area contributed by atoms with Crippen LogP contribution in [-0.2, 0) is 6.54 Å². The lowest BCUT2D eigenvalue weighted by Crippen LogP contribution is -2.25. The molecule has 0 bridgehead atoms. The Bertz CT molecular complexity index is 1350. The van der Waals surface area contributed by atoms with Crippen LogP contribution >= 0.6 is 11.3 Å². The minimum atomic E-state index is 0.0890. The lowest BCUT2D eigenvalue weighted by atomic mass is 9.97. The van der Waals surface area contributed by atoms with E-state index in [4.69, 9.17) is 4.74 Å². The molecule has 4 aromatic rings. The molecule has 37 heavy (non-hydrogen) atoms. The van der Waals surface area contributed by atoms with Crippen molar-refractivity contribution in [3.8, 4) is 16.2 Å². The number of benzene rings is 3. The summed E-state index contributed by atoms with van der Waals surface area (Å²) in [7, 11) is 0. The van der Waals surface area contributed by atoms with E-state index >= 15 is 0 Å². The first-order valence-electron chi connectivity index (χ1n) is 13.6. The first kappa shape index (κ1) is 24.4. The van der Waals surface area contributed by atoms with Crippen LogP contribution in [0.15, 0.2) is 72.8 Å². The third-order valence-electron chi connectivity index (χ3n) is 7.63. The number of likely N-dealkylation sites (tertiary alicyclic amines) is 2. The molecule has 2 saturated heterocycles. The van der Waals surface area contributed by atoms with Gasteiger partial charge in [0.15, 0.2) is 5.78 Å². The van der Waals surface area contributed by atoms with Crippen molar-refractivity contribution in [2.75, 3.05) is 39.3 Å². The van der Waals surface area contributed by atoms with Crippen molar-refractivity contribution in [1.82, 2.24) is 9.80 Å². The number of ether oxygens (including phenoxy) is 1. The lowest BCUT2D eigenvalue weighted by Gasteiger charge is -2.15. The van der Waals surface area contributed by atoms with Crippen LogP contribution < -0.4 is 4.74 Å². The fourth-order valence-corrected chi connectivity index (χ4v) is 6.79. The number of nitrogens with zero attached hydrogens (tertiary/aromatic N) is 2. The Balaban J connectivity index is 1.23. The fraction of sp³-hybridized carbons (Fsp3) is 0.344. The Hall–Kier alpha value is -2.99. The monoisotopic (exact) mass is 510 g/mol.